The summed E-state index contributed by atoms with van der Waals surface area (Å²) in [5.74, 6) is 0.879. The van der Waals surface area contributed by atoms with E-state index in [0.29, 0.717) is 23.8 Å². The molecule has 7 heteroatoms. The number of anilines is 1. The van der Waals surface area contributed by atoms with Gasteiger partial charge in [0.25, 0.3) is 0 Å². The van der Waals surface area contributed by atoms with Gasteiger partial charge >= 0.3 is 0 Å². The Kier molecular flexibility index (Phi) is 2.19. The lowest BCUT2D eigenvalue weighted by Gasteiger charge is -2.30. The number of aromatic nitrogens is 5. The zero-order chi connectivity index (χ0) is 11.9. The number of nitrogens with one attached hydrogen (secondary N) is 2. The zero-order valence-corrected chi connectivity index (χ0v) is 9.95. The van der Waals surface area contributed by atoms with Gasteiger partial charge in [0.1, 0.15) is 0 Å². The van der Waals surface area contributed by atoms with Crippen LogP contribution in [-0.4, -0.2) is 43.2 Å². The molecule has 2 saturated heterocycles. The second-order valence-electron chi connectivity index (χ2n) is 5.19. The third-order valence-corrected chi connectivity index (χ3v) is 3.93. The highest BCUT2D eigenvalue weighted by Crippen LogP contribution is 2.28. The number of rotatable bonds is 2. The predicted octanol–water partition coefficient (Wildman–Crippen LogP) is 0.214. The maximum absolute atomic E-state index is 4.16. The van der Waals surface area contributed by atoms with Crippen LogP contribution in [0.1, 0.15) is 25.7 Å². The summed E-state index contributed by atoms with van der Waals surface area (Å²) in [5.41, 5.74) is 0.678. The van der Waals surface area contributed by atoms with E-state index in [9.17, 15) is 0 Å². The van der Waals surface area contributed by atoms with E-state index in [1.165, 1.54) is 12.8 Å². The van der Waals surface area contributed by atoms with Crippen LogP contribution in [0.25, 0.3) is 5.65 Å². The van der Waals surface area contributed by atoms with Gasteiger partial charge < -0.3 is 10.6 Å². The molecule has 94 valence electrons. The lowest BCUT2D eigenvalue weighted by molar-refractivity contribution is 0.377. The summed E-state index contributed by atoms with van der Waals surface area (Å²) in [6.45, 7) is 0. The lowest BCUT2D eigenvalue weighted by atomic mass is 10.00. The van der Waals surface area contributed by atoms with Crippen LogP contribution in [0, 0.1) is 0 Å². The summed E-state index contributed by atoms with van der Waals surface area (Å²) < 4.78 is 1.71. The molecule has 0 spiro atoms. The number of tetrazole rings is 1. The van der Waals surface area contributed by atoms with Crippen molar-refractivity contribution in [3.05, 3.63) is 12.4 Å². The Balaban J connectivity index is 1.59. The number of hydrogen-bond donors (Lipinski definition) is 2. The molecule has 2 bridgehead atoms. The molecule has 2 fully saturated rings. The highest BCUT2D eigenvalue weighted by Gasteiger charge is 2.33. The van der Waals surface area contributed by atoms with Gasteiger partial charge in [-0.1, -0.05) is 0 Å². The molecule has 0 saturated carbocycles. The van der Waals surface area contributed by atoms with Gasteiger partial charge in [-0.3, -0.25) is 4.98 Å². The van der Waals surface area contributed by atoms with Gasteiger partial charge in [-0.2, -0.15) is 4.52 Å². The van der Waals surface area contributed by atoms with Gasteiger partial charge in [-0.05, 0) is 36.1 Å². The maximum Gasteiger partial charge on any atom is 0.199 e. The topological polar surface area (TPSA) is 80.0 Å². The van der Waals surface area contributed by atoms with E-state index < -0.39 is 0 Å². The number of hydrogen-bond acceptors (Lipinski definition) is 6. The molecule has 18 heavy (non-hydrogen) atoms. The van der Waals surface area contributed by atoms with Gasteiger partial charge in [-0.15, -0.1) is 5.10 Å². The third kappa shape index (κ3) is 1.62. The van der Waals surface area contributed by atoms with Crippen molar-refractivity contribution < 1.29 is 0 Å². The van der Waals surface area contributed by atoms with E-state index in [1.807, 2.05) is 0 Å². The lowest BCUT2D eigenvalue weighted by Crippen LogP contribution is -2.43. The number of fused-ring (bicyclic) bond motifs is 3. The van der Waals surface area contributed by atoms with Gasteiger partial charge in [0.05, 0.1) is 12.4 Å². The Morgan fingerprint density at radius 2 is 2.06 bits per heavy atom. The molecule has 2 N–H and O–H groups in total. The van der Waals surface area contributed by atoms with Crippen molar-refractivity contribution in [1.29, 1.82) is 0 Å². The van der Waals surface area contributed by atoms with Gasteiger partial charge in [-0.25, -0.2) is 0 Å². The van der Waals surface area contributed by atoms with Crippen LogP contribution in [-0.2, 0) is 0 Å². The van der Waals surface area contributed by atoms with Crippen molar-refractivity contribution >= 4 is 11.5 Å². The highest BCUT2D eigenvalue weighted by atomic mass is 15.5. The van der Waals surface area contributed by atoms with E-state index in [4.69, 9.17) is 0 Å². The van der Waals surface area contributed by atoms with Gasteiger partial charge in [0, 0.05) is 18.1 Å². The summed E-state index contributed by atoms with van der Waals surface area (Å²) in [6, 6.07) is 1.82. The summed E-state index contributed by atoms with van der Waals surface area (Å²) in [4.78, 5) is 4.16. The molecule has 2 aliphatic heterocycles. The molecule has 2 aliphatic rings. The summed E-state index contributed by atoms with van der Waals surface area (Å²) >= 11 is 0. The molecular weight excluding hydrogens is 230 g/mol. The molecule has 2 aromatic heterocycles. The Labute approximate surface area is 104 Å². The van der Waals surface area contributed by atoms with E-state index in [-0.39, 0.29) is 0 Å². The van der Waals surface area contributed by atoms with Crippen LogP contribution >= 0.6 is 0 Å². The first-order valence-electron chi connectivity index (χ1n) is 6.43. The van der Waals surface area contributed by atoms with Crippen LogP contribution in [0.3, 0.4) is 0 Å². The minimum absolute atomic E-state index is 0.486. The molecule has 0 aliphatic carbocycles. The molecule has 4 heterocycles. The Bertz CT molecular complexity index is 553. The van der Waals surface area contributed by atoms with Crippen LogP contribution in [0.4, 0.5) is 5.82 Å². The van der Waals surface area contributed by atoms with Crippen molar-refractivity contribution in [2.45, 2.75) is 43.8 Å². The molecule has 4 rings (SSSR count). The first kappa shape index (κ1) is 10.2. The summed E-state index contributed by atoms with van der Waals surface area (Å²) in [7, 11) is 0. The van der Waals surface area contributed by atoms with Crippen LogP contribution < -0.4 is 10.6 Å². The Morgan fingerprint density at radius 3 is 2.89 bits per heavy atom. The molecule has 2 unspecified atom stereocenters. The second-order valence-corrected chi connectivity index (χ2v) is 5.19. The third-order valence-electron chi connectivity index (χ3n) is 3.93. The van der Waals surface area contributed by atoms with Crippen molar-refractivity contribution in [2.24, 2.45) is 0 Å². The molecule has 0 aromatic carbocycles. The minimum atomic E-state index is 0.486. The number of piperidine rings is 1. The minimum Gasteiger partial charge on any atom is -0.366 e. The summed E-state index contributed by atoms with van der Waals surface area (Å²) in [6.07, 6.45) is 8.38. The predicted molar refractivity (Wildman–Crippen MR) is 65.2 cm³/mol. The van der Waals surface area contributed by atoms with Crippen LogP contribution in [0.2, 0.25) is 0 Å². The average molecular weight is 245 g/mol. The van der Waals surface area contributed by atoms with Crippen molar-refractivity contribution in [3.8, 4) is 0 Å². The van der Waals surface area contributed by atoms with Crippen molar-refractivity contribution in [1.82, 2.24) is 30.3 Å². The normalized spacial score (nSPS) is 30.8. The first-order chi connectivity index (χ1) is 8.88. The van der Waals surface area contributed by atoms with Crippen LogP contribution in [0.5, 0.6) is 0 Å². The summed E-state index contributed by atoms with van der Waals surface area (Å²) in [5, 5.41) is 18.7. The fourth-order valence-electron chi connectivity index (χ4n) is 3.16. The fourth-order valence-corrected chi connectivity index (χ4v) is 3.16. The molecule has 2 aromatic rings. The molecule has 2 atom stereocenters. The van der Waals surface area contributed by atoms with Crippen molar-refractivity contribution in [2.75, 3.05) is 5.32 Å². The number of nitrogens with zero attached hydrogens (tertiary/aromatic N) is 5. The van der Waals surface area contributed by atoms with Gasteiger partial charge in [0.15, 0.2) is 11.5 Å². The Morgan fingerprint density at radius 1 is 1.22 bits per heavy atom. The average Bonchev–Trinajstić information content (AvgIpc) is 2.97. The largest absolute Gasteiger partial charge is 0.366 e. The smallest absolute Gasteiger partial charge is 0.199 e. The fraction of sp³-hybridized carbons (Fsp3) is 0.636. The monoisotopic (exact) mass is 245 g/mol. The van der Waals surface area contributed by atoms with E-state index in [0.717, 1.165) is 18.7 Å². The van der Waals surface area contributed by atoms with E-state index >= 15 is 0 Å². The van der Waals surface area contributed by atoms with Crippen molar-refractivity contribution in [3.63, 3.8) is 0 Å². The SMILES string of the molecule is c1ncc2nnnn2c1NC1CC2CCC(C1)N2. The molecule has 0 radical (unpaired) electrons. The van der Waals surface area contributed by atoms with E-state index in [2.05, 4.69) is 31.1 Å². The van der Waals surface area contributed by atoms with Gasteiger partial charge in [0.2, 0.25) is 0 Å². The maximum atomic E-state index is 4.16. The van der Waals surface area contributed by atoms with Crippen LogP contribution in [0.15, 0.2) is 12.4 Å². The quantitative estimate of drug-likeness (QED) is 0.787. The Hall–Kier alpha value is -1.76. The molecule has 7 nitrogen and oxygen atoms in total. The zero-order valence-electron chi connectivity index (χ0n) is 9.95. The van der Waals surface area contributed by atoms with E-state index in [1.54, 1.807) is 16.9 Å². The highest BCUT2D eigenvalue weighted by molar-refractivity contribution is 5.44. The molecule has 0 amide bonds. The first-order valence-corrected chi connectivity index (χ1v) is 6.43. The molecular formula is C11H15N7. The second kappa shape index (κ2) is 3.88. The standard InChI is InChI=1S/C11H15N7/c1-2-8-4-9(3-7(1)13-8)14-10-5-12-6-11-15-16-17-18(10)11/h5-9,13-14H,1-4H2.